The summed E-state index contributed by atoms with van der Waals surface area (Å²) in [6, 6.07) is 5.78. The van der Waals surface area contributed by atoms with Crippen molar-refractivity contribution < 1.29 is 36.5 Å². The van der Waals surface area contributed by atoms with E-state index in [1.54, 1.807) is 23.5 Å². The minimum absolute atomic E-state index is 0.0506. The molecular weight excluding hydrogens is 635 g/mol. The van der Waals surface area contributed by atoms with Crippen molar-refractivity contribution in [2.45, 2.75) is 153 Å². The summed E-state index contributed by atoms with van der Waals surface area (Å²) in [6.45, 7) is 8.64. The number of aromatic nitrogens is 1. The van der Waals surface area contributed by atoms with Crippen LogP contribution in [0.4, 0.5) is 0 Å². The average molecular weight is 698 g/mol. The summed E-state index contributed by atoms with van der Waals surface area (Å²) in [6.07, 6.45) is 26.2. The van der Waals surface area contributed by atoms with Gasteiger partial charge in [0.05, 0.1) is 30.1 Å². The van der Waals surface area contributed by atoms with Crippen molar-refractivity contribution in [2.24, 2.45) is 0 Å². The summed E-state index contributed by atoms with van der Waals surface area (Å²) < 4.78 is 56.6. The lowest BCUT2D eigenvalue weighted by atomic mass is 10.0. The standard InChI is InChI=1S/C30H56NO4S.C7H8O3S/c1-2-3-4-5-6-7-8-9-10-11-12-13-15-18-23-33-27-30-34-26-29(35-30)25-32-22-19-16-14-17-20-31-21-24-36-28-31;1-6-2-4-7(5-3-6)11(8,9)10/h21,24,28-30H,2-20,22-23,25-27H2,1H3;2-5H,1H3,(H,8,9,10)/q+1;/p-1. The van der Waals surface area contributed by atoms with Crippen LogP contribution in [0.3, 0.4) is 0 Å². The number of benzene rings is 1. The summed E-state index contributed by atoms with van der Waals surface area (Å²) in [4.78, 5) is -0.178. The van der Waals surface area contributed by atoms with E-state index in [1.165, 1.54) is 115 Å². The highest BCUT2D eigenvalue weighted by Crippen LogP contribution is 2.15. The maximum atomic E-state index is 10.4. The molecule has 8 nitrogen and oxygen atoms in total. The molecule has 1 aliphatic rings. The molecule has 2 aromatic rings. The van der Waals surface area contributed by atoms with Gasteiger partial charge >= 0.3 is 0 Å². The molecule has 47 heavy (non-hydrogen) atoms. The molecule has 1 saturated heterocycles. The van der Waals surface area contributed by atoms with Gasteiger partial charge in [0.2, 0.25) is 5.51 Å². The highest BCUT2D eigenvalue weighted by atomic mass is 32.2. The summed E-state index contributed by atoms with van der Waals surface area (Å²) in [7, 11) is -4.27. The number of hydrogen-bond acceptors (Lipinski definition) is 8. The van der Waals surface area contributed by atoms with Gasteiger partial charge in [-0.15, -0.1) is 0 Å². The van der Waals surface area contributed by atoms with Gasteiger partial charge in [0.25, 0.3) is 0 Å². The molecule has 0 saturated carbocycles. The lowest BCUT2D eigenvalue weighted by Crippen LogP contribution is -2.29. The Morgan fingerprint density at radius 3 is 1.85 bits per heavy atom. The zero-order chi connectivity index (χ0) is 33.8. The van der Waals surface area contributed by atoms with Crippen molar-refractivity contribution in [2.75, 3.05) is 33.0 Å². The van der Waals surface area contributed by atoms with E-state index >= 15 is 0 Å². The maximum Gasteiger partial charge on any atom is 0.224 e. The fourth-order valence-corrected chi connectivity index (χ4v) is 6.52. The predicted molar refractivity (Wildman–Crippen MR) is 189 cm³/mol. The van der Waals surface area contributed by atoms with Gasteiger partial charge in [-0.25, -0.2) is 8.42 Å². The first-order valence-corrected chi connectivity index (χ1v) is 20.6. The van der Waals surface area contributed by atoms with E-state index < -0.39 is 10.1 Å². The number of nitrogens with zero attached hydrogens (tertiary/aromatic N) is 1. The number of rotatable bonds is 27. The number of hydrogen-bond donors (Lipinski definition) is 0. The van der Waals surface area contributed by atoms with Crippen LogP contribution in [0.5, 0.6) is 0 Å². The summed E-state index contributed by atoms with van der Waals surface area (Å²) >= 11 is 1.75. The molecule has 0 radical (unpaired) electrons. The van der Waals surface area contributed by atoms with Crippen LogP contribution in [-0.2, 0) is 35.6 Å². The van der Waals surface area contributed by atoms with Crippen molar-refractivity contribution in [3.63, 3.8) is 0 Å². The van der Waals surface area contributed by atoms with E-state index in [0.717, 1.165) is 38.2 Å². The second-order valence-corrected chi connectivity index (χ2v) is 14.8. The van der Waals surface area contributed by atoms with Gasteiger partial charge in [-0.05, 0) is 38.3 Å². The van der Waals surface area contributed by atoms with E-state index in [4.69, 9.17) is 18.9 Å². The van der Waals surface area contributed by atoms with Crippen molar-refractivity contribution in [1.82, 2.24) is 0 Å². The van der Waals surface area contributed by atoms with E-state index in [2.05, 4.69) is 28.6 Å². The van der Waals surface area contributed by atoms with Gasteiger partial charge in [0, 0.05) is 19.6 Å². The maximum absolute atomic E-state index is 10.4. The normalized spacial score (nSPS) is 16.3. The fourth-order valence-electron chi connectivity index (χ4n) is 5.42. The first-order valence-electron chi connectivity index (χ1n) is 18.2. The van der Waals surface area contributed by atoms with Crippen LogP contribution in [0.25, 0.3) is 0 Å². The zero-order valence-corrected chi connectivity index (χ0v) is 30.9. The number of ether oxygens (including phenoxy) is 4. The molecular formula is C37H63NO7S2. The molecule has 1 aromatic heterocycles. The molecule has 2 heterocycles. The second kappa shape index (κ2) is 27.4. The Bertz CT molecular complexity index is 1080. The van der Waals surface area contributed by atoms with Gasteiger partial charge in [-0.2, -0.15) is 4.57 Å². The van der Waals surface area contributed by atoms with Gasteiger partial charge in [-0.3, -0.25) is 0 Å². The molecule has 2 atom stereocenters. The highest BCUT2D eigenvalue weighted by molar-refractivity contribution is 7.85. The van der Waals surface area contributed by atoms with Crippen molar-refractivity contribution in [3.8, 4) is 0 Å². The monoisotopic (exact) mass is 697 g/mol. The molecule has 0 amide bonds. The molecule has 0 bridgehead atoms. The van der Waals surface area contributed by atoms with Gasteiger partial charge in [0.1, 0.15) is 22.8 Å². The third-order valence-corrected chi connectivity index (χ3v) is 9.82. The van der Waals surface area contributed by atoms with Crippen LogP contribution in [0.15, 0.2) is 46.2 Å². The molecule has 10 heteroatoms. The predicted octanol–water partition coefficient (Wildman–Crippen LogP) is 8.75. The van der Waals surface area contributed by atoms with Crippen LogP contribution < -0.4 is 4.57 Å². The fraction of sp³-hybridized carbons (Fsp3) is 0.757. The largest absolute Gasteiger partial charge is 0.744 e. The smallest absolute Gasteiger partial charge is 0.224 e. The van der Waals surface area contributed by atoms with Crippen LogP contribution in [0.1, 0.15) is 128 Å². The van der Waals surface area contributed by atoms with Crippen molar-refractivity contribution in [3.05, 3.63) is 46.9 Å². The minimum atomic E-state index is -4.27. The van der Waals surface area contributed by atoms with E-state index in [0.29, 0.717) is 19.8 Å². The van der Waals surface area contributed by atoms with Crippen LogP contribution in [-0.4, -0.2) is 58.4 Å². The zero-order valence-electron chi connectivity index (χ0n) is 29.3. The topological polar surface area (TPSA) is 98.0 Å². The number of aryl methyl sites for hydroxylation is 2. The summed E-state index contributed by atoms with van der Waals surface area (Å²) in [5, 5.41) is 2.13. The Morgan fingerprint density at radius 2 is 1.32 bits per heavy atom. The Hall–Kier alpha value is -1.40. The molecule has 0 aliphatic carbocycles. The number of unbranched alkanes of at least 4 members (excludes halogenated alkanes) is 16. The third-order valence-electron chi connectivity index (χ3n) is 8.30. The average Bonchev–Trinajstić information content (AvgIpc) is 3.75. The molecule has 0 N–H and O–H groups in total. The molecule has 3 rings (SSSR count). The van der Waals surface area contributed by atoms with Crippen LogP contribution >= 0.6 is 11.3 Å². The molecule has 1 fully saturated rings. The van der Waals surface area contributed by atoms with E-state index in [1.807, 2.05) is 6.92 Å². The Balaban J connectivity index is 0.000000587. The SMILES string of the molecule is CCCCCCCCCCCCCCCCOCC1OCC(COCCCCCC[n+]2ccsc2)O1.Cc1ccc(S(=O)(=O)[O-])cc1. The summed E-state index contributed by atoms with van der Waals surface area (Å²) in [5.74, 6) is 0. The number of thiazole rings is 1. The van der Waals surface area contributed by atoms with Crippen LogP contribution in [0.2, 0.25) is 0 Å². The summed E-state index contributed by atoms with van der Waals surface area (Å²) in [5.41, 5.74) is 3.10. The van der Waals surface area contributed by atoms with Gasteiger partial charge < -0.3 is 23.5 Å². The van der Waals surface area contributed by atoms with E-state index in [-0.39, 0.29) is 17.3 Å². The minimum Gasteiger partial charge on any atom is -0.744 e. The van der Waals surface area contributed by atoms with E-state index in [9.17, 15) is 13.0 Å². The molecule has 270 valence electrons. The van der Waals surface area contributed by atoms with Gasteiger partial charge in [-0.1, -0.05) is 126 Å². The molecule has 1 aromatic carbocycles. The van der Waals surface area contributed by atoms with Gasteiger partial charge in [0.15, 0.2) is 12.5 Å². The van der Waals surface area contributed by atoms with Crippen molar-refractivity contribution >= 4 is 21.5 Å². The quantitative estimate of drug-likeness (QED) is 0.0523. The Morgan fingerprint density at radius 1 is 0.787 bits per heavy atom. The first kappa shape index (κ1) is 41.8. The molecule has 0 spiro atoms. The molecule has 1 aliphatic heterocycles. The lowest BCUT2D eigenvalue weighted by molar-refractivity contribution is -0.692. The molecule has 2 unspecified atom stereocenters. The van der Waals surface area contributed by atoms with Crippen molar-refractivity contribution in [1.29, 1.82) is 0 Å². The highest BCUT2D eigenvalue weighted by Gasteiger charge is 2.26. The third kappa shape index (κ3) is 22.8. The first-order chi connectivity index (χ1) is 22.9. The lowest BCUT2D eigenvalue weighted by Gasteiger charge is -2.12. The van der Waals surface area contributed by atoms with Crippen LogP contribution in [0, 0.1) is 6.92 Å². The second-order valence-electron chi connectivity index (χ2n) is 12.7. The Labute approximate surface area is 290 Å². The Kier molecular flexibility index (Phi) is 24.4.